The highest BCUT2D eigenvalue weighted by atomic mass is 35.5. The summed E-state index contributed by atoms with van der Waals surface area (Å²) in [6.45, 7) is 6.21. The van der Waals surface area contributed by atoms with Crippen LogP contribution in [0.15, 0.2) is 153 Å². The number of para-hydroxylation sites is 2. The van der Waals surface area contributed by atoms with Crippen molar-refractivity contribution in [2.75, 3.05) is 27.8 Å². The number of halogens is 2. The maximum absolute atomic E-state index is 6.40. The fourth-order valence-electron chi connectivity index (χ4n) is 6.42. The van der Waals surface area contributed by atoms with Crippen molar-refractivity contribution in [2.45, 2.75) is 41.9 Å². The van der Waals surface area contributed by atoms with E-state index in [1.807, 2.05) is 35.7 Å². The summed E-state index contributed by atoms with van der Waals surface area (Å²) >= 11 is 16.5. The van der Waals surface area contributed by atoms with Gasteiger partial charge >= 0.3 is 0 Å². The number of rotatable bonds is 8. The molecule has 0 spiro atoms. The molecule has 4 aromatic carbocycles. The highest BCUT2D eigenvalue weighted by Gasteiger charge is 2.30. The van der Waals surface area contributed by atoms with Crippen LogP contribution < -0.4 is 14.7 Å². The lowest BCUT2D eigenvalue weighted by atomic mass is 10.1. The Labute approximate surface area is 290 Å². The van der Waals surface area contributed by atoms with Crippen LogP contribution in [0.4, 0.5) is 22.7 Å². The van der Waals surface area contributed by atoms with Crippen LogP contribution in [0.2, 0.25) is 10.0 Å². The van der Waals surface area contributed by atoms with E-state index in [0.717, 1.165) is 47.4 Å². The van der Waals surface area contributed by atoms with Gasteiger partial charge < -0.3 is 14.7 Å². The monoisotopic (exact) mass is 679 g/mol. The standard InChI is InChI=1S/C39H35Cl2N3S2/c1-3-42-33-25-29(40)19-21-35(33)45-37(42)23-17-27-15-16-28(18-24-38-43(4-2)34-26-30(41)20-22-36(34)46-38)39(27)44(31-11-7-5-8-12-31)32-13-9-6-10-14-32/h5-14,17-26,37H,3-4,15-16H2,1-2H3/b23-17+,28-18-,38-24+. The molecule has 2 aliphatic heterocycles. The summed E-state index contributed by atoms with van der Waals surface area (Å²) in [6, 6.07) is 33.9. The number of hydrogen-bond acceptors (Lipinski definition) is 5. The van der Waals surface area contributed by atoms with Crippen molar-refractivity contribution in [3.05, 3.63) is 153 Å². The van der Waals surface area contributed by atoms with Gasteiger partial charge in [-0.25, -0.2) is 0 Å². The Hall–Kier alpha value is -3.48. The third-order valence-corrected chi connectivity index (χ3v) is 11.4. The lowest BCUT2D eigenvalue weighted by Gasteiger charge is -2.29. The SMILES string of the molecule is CCN1/C(=C\C=C2\CCC(/C=C/C3Sc4ccc(Cl)cc4N3CC)=C2N(c2ccccc2)c2ccccc2)Sc2ccc(Cl)cc21. The Morgan fingerprint density at radius 1 is 0.761 bits per heavy atom. The van der Waals surface area contributed by atoms with Crippen LogP contribution in [-0.2, 0) is 0 Å². The molecule has 1 unspecified atom stereocenters. The minimum Gasteiger partial charge on any atom is -0.355 e. The van der Waals surface area contributed by atoms with Gasteiger partial charge in [0, 0.05) is 44.3 Å². The molecule has 2 heterocycles. The predicted octanol–water partition coefficient (Wildman–Crippen LogP) is 12.1. The van der Waals surface area contributed by atoms with E-state index in [4.69, 9.17) is 23.2 Å². The molecule has 0 amide bonds. The number of anilines is 4. The van der Waals surface area contributed by atoms with Gasteiger partial charge in [-0.15, -0.1) is 0 Å². The number of nitrogens with zero attached hydrogens (tertiary/aromatic N) is 3. The van der Waals surface area contributed by atoms with E-state index in [9.17, 15) is 0 Å². The Bertz CT molecular complexity index is 1830. The van der Waals surface area contributed by atoms with Crippen molar-refractivity contribution in [3.63, 3.8) is 0 Å². The van der Waals surface area contributed by atoms with Crippen LogP contribution >= 0.6 is 46.7 Å². The van der Waals surface area contributed by atoms with Gasteiger partial charge in [0.05, 0.1) is 27.5 Å². The first-order valence-corrected chi connectivity index (χ1v) is 18.2. The van der Waals surface area contributed by atoms with Crippen LogP contribution in [0.5, 0.6) is 0 Å². The van der Waals surface area contributed by atoms with E-state index in [-0.39, 0.29) is 5.37 Å². The molecule has 0 N–H and O–H groups in total. The van der Waals surface area contributed by atoms with Crippen LogP contribution in [0.3, 0.4) is 0 Å². The lowest BCUT2D eigenvalue weighted by molar-refractivity contribution is 0.876. The Kier molecular flexibility index (Phi) is 9.28. The van der Waals surface area contributed by atoms with Crippen molar-refractivity contribution >= 4 is 69.5 Å². The van der Waals surface area contributed by atoms with Crippen molar-refractivity contribution in [1.29, 1.82) is 0 Å². The Morgan fingerprint density at radius 2 is 1.41 bits per heavy atom. The summed E-state index contributed by atoms with van der Waals surface area (Å²) in [7, 11) is 0. The fourth-order valence-corrected chi connectivity index (χ4v) is 9.11. The smallest absolute Gasteiger partial charge is 0.0985 e. The van der Waals surface area contributed by atoms with Gasteiger partial charge in [-0.3, -0.25) is 0 Å². The molecule has 0 aromatic heterocycles. The Balaban J connectivity index is 1.31. The van der Waals surface area contributed by atoms with Gasteiger partial charge in [0.15, 0.2) is 0 Å². The molecule has 232 valence electrons. The maximum Gasteiger partial charge on any atom is 0.0985 e. The fraction of sp³-hybridized carbons (Fsp3) is 0.179. The molecule has 1 aliphatic carbocycles. The molecular weight excluding hydrogens is 645 g/mol. The van der Waals surface area contributed by atoms with Crippen LogP contribution in [0.1, 0.15) is 26.7 Å². The van der Waals surface area contributed by atoms with Crippen molar-refractivity contribution < 1.29 is 0 Å². The molecule has 46 heavy (non-hydrogen) atoms. The number of thioether (sulfide) groups is 2. The minimum absolute atomic E-state index is 0.211. The topological polar surface area (TPSA) is 9.72 Å². The van der Waals surface area contributed by atoms with Gasteiger partial charge in [-0.2, -0.15) is 0 Å². The van der Waals surface area contributed by atoms with Gasteiger partial charge in [-0.1, -0.05) is 101 Å². The molecule has 3 aliphatic rings. The Morgan fingerprint density at radius 3 is 2.07 bits per heavy atom. The second kappa shape index (κ2) is 13.7. The summed E-state index contributed by atoms with van der Waals surface area (Å²) in [5, 5.41) is 2.98. The molecule has 7 heteroatoms. The molecule has 0 saturated carbocycles. The number of hydrogen-bond donors (Lipinski definition) is 0. The predicted molar refractivity (Wildman–Crippen MR) is 201 cm³/mol. The van der Waals surface area contributed by atoms with E-state index in [0.29, 0.717) is 0 Å². The number of benzene rings is 4. The molecule has 3 nitrogen and oxygen atoms in total. The second-order valence-corrected chi connectivity index (χ2v) is 14.4. The lowest BCUT2D eigenvalue weighted by Crippen LogP contribution is -2.27. The second-order valence-electron chi connectivity index (χ2n) is 11.3. The van der Waals surface area contributed by atoms with Crippen molar-refractivity contribution in [2.24, 2.45) is 0 Å². The van der Waals surface area contributed by atoms with Crippen molar-refractivity contribution in [3.8, 4) is 0 Å². The highest BCUT2D eigenvalue weighted by molar-refractivity contribution is 8.03. The van der Waals surface area contributed by atoms with Gasteiger partial charge in [0.1, 0.15) is 0 Å². The number of allylic oxidation sites excluding steroid dienone is 5. The number of likely N-dealkylation sites (N-methyl/N-ethyl adjacent to an activating group) is 1. The summed E-state index contributed by atoms with van der Waals surface area (Å²) in [4.78, 5) is 9.74. The summed E-state index contributed by atoms with van der Waals surface area (Å²) < 4.78 is 0. The summed E-state index contributed by atoms with van der Waals surface area (Å²) in [5.41, 5.74) is 8.61. The third-order valence-electron chi connectivity index (χ3n) is 8.55. The molecule has 1 atom stereocenters. The largest absolute Gasteiger partial charge is 0.355 e. The zero-order valence-electron chi connectivity index (χ0n) is 25.9. The normalized spacial score (nSPS) is 19.2. The third kappa shape index (κ3) is 6.14. The molecule has 4 aromatic rings. The minimum atomic E-state index is 0.211. The average molecular weight is 681 g/mol. The van der Waals surface area contributed by atoms with E-state index >= 15 is 0 Å². The molecule has 0 bridgehead atoms. The first kappa shape index (κ1) is 31.1. The van der Waals surface area contributed by atoms with Crippen molar-refractivity contribution in [1.82, 2.24) is 0 Å². The van der Waals surface area contributed by atoms with E-state index < -0.39 is 0 Å². The summed E-state index contributed by atoms with van der Waals surface area (Å²) in [6.07, 6.45) is 11.3. The molecule has 0 radical (unpaired) electrons. The van der Waals surface area contributed by atoms with E-state index in [2.05, 4.69) is 138 Å². The quantitative estimate of drug-likeness (QED) is 0.183. The van der Waals surface area contributed by atoms with Gasteiger partial charge in [-0.05, 0) is 105 Å². The zero-order chi connectivity index (χ0) is 31.6. The highest BCUT2D eigenvalue weighted by Crippen LogP contribution is 2.48. The van der Waals surface area contributed by atoms with Crippen LogP contribution in [0, 0.1) is 0 Å². The molecule has 7 rings (SSSR count). The van der Waals surface area contributed by atoms with Gasteiger partial charge in [0.25, 0.3) is 0 Å². The first-order chi connectivity index (χ1) is 22.5. The summed E-state index contributed by atoms with van der Waals surface area (Å²) in [5.74, 6) is 0. The van der Waals surface area contributed by atoms with E-state index in [1.54, 1.807) is 0 Å². The van der Waals surface area contributed by atoms with Crippen LogP contribution in [-0.4, -0.2) is 18.5 Å². The molecule has 0 saturated heterocycles. The van der Waals surface area contributed by atoms with Gasteiger partial charge in [0.2, 0.25) is 0 Å². The molecular formula is C39H35Cl2N3S2. The maximum atomic E-state index is 6.40. The first-order valence-electron chi connectivity index (χ1n) is 15.7. The zero-order valence-corrected chi connectivity index (χ0v) is 29.0. The average Bonchev–Trinajstić information content (AvgIpc) is 3.75. The molecule has 0 fully saturated rings. The van der Waals surface area contributed by atoms with E-state index in [1.165, 1.54) is 43.0 Å². The van der Waals surface area contributed by atoms with Crippen LogP contribution in [0.25, 0.3) is 0 Å². The number of fused-ring (bicyclic) bond motifs is 2.